The maximum Gasteiger partial charge on any atom is 0.252 e. The van der Waals surface area contributed by atoms with Gasteiger partial charge in [0.15, 0.2) is 0 Å². The van der Waals surface area contributed by atoms with Crippen molar-refractivity contribution in [3.8, 4) is 89.8 Å². The van der Waals surface area contributed by atoms with Crippen molar-refractivity contribution < 1.29 is 9.47 Å². The summed E-state index contributed by atoms with van der Waals surface area (Å²) in [6.07, 6.45) is 0. The predicted octanol–water partition coefficient (Wildman–Crippen LogP) is 18.1. The first-order chi connectivity index (χ1) is 42.4. The molecule has 2 nitrogen and oxygen atoms in total. The van der Waals surface area contributed by atoms with Crippen molar-refractivity contribution >= 4 is 78.5 Å². The van der Waals surface area contributed by atoms with Gasteiger partial charge in [0.05, 0.1) is 0 Å². The molecule has 0 bridgehead atoms. The van der Waals surface area contributed by atoms with Crippen molar-refractivity contribution in [1.29, 1.82) is 0 Å². The third kappa shape index (κ3) is 8.26. The second kappa shape index (κ2) is 20.9. The number of hydrogen-bond donors (Lipinski definition) is 0. The molecule has 14 aromatic carbocycles. The first-order valence-electron chi connectivity index (χ1n) is 30.4. The summed E-state index contributed by atoms with van der Waals surface area (Å²) in [4.78, 5) is 0. The molecule has 0 amide bonds. The van der Waals surface area contributed by atoms with E-state index in [9.17, 15) is 0 Å². The zero-order valence-corrected chi connectivity index (χ0v) is 48.7. The Labute approximate surface area is 504 Å². The van der Waals surface area contributed by atoms with E-state index >= 15 is 0 Å². The lowest BCUT2D eigenvalue weighted by Crippen LogP contribution is -2.57. The Bertz CT molecular complexity index is 4470. The van der Waals surface area contributed by atoms with Gasteiger partial charge in [-0.05, 0) is 171 Å². The van der Waals surface area contributed by atoms with E-state index in [1.807, 2.05) is 0 Å². The van der Waals surface area contributed by atoms with Crippen LogP contribution in [0.3, 0.4) is 0 Å². The molecule has 0 radical (unpaired) electrons. The van der Waals surface area contributed by atoms with E-state index in [0.29, 0.717) is 0 Å². The standard InChI is InChI=1S/C82H60B2O2/c1-51(2)73-61-43-45-64-76-62(74(52(3)4)80-82(64)86-72-42-26-24-40-70(72)84(80)78-67(57-35-19-9-20-36-57)49-60(54-29-13-6-14-30-54)50-68(78)58-37-21-10-22-38-58)44-46-63(75(61)76)81-79(73)83(69-39-23-25-41-71(69)85-81)77-65(55-31-15-7-16-32-55)47-59(53-27-11-5-12-28-53)48-66(77)56-33-17-8-18-34-56/h5-52H,1-4H3. The number of ether oxygens (including phenoxy) is 2. The Morgan fingerprint density at radius 3 is 0.826 bits per heavy atom. The van der Waals surface area contributed by atoms with E-state index < -0.39 is 0 Å². The Morgan fingerprint density at radius 1 is 0.256 bits per heavy atom. The van der Waals surface area contributed by atoms with E-state index in [1.165, 1.54) is 121 Å². The highest BCUT2D eigenvalue weighted by atomic mass is 16.5. The van der Waals surface area contributed by atoms with E-state index in [-0.39, 0.29) is 25.3 Å². The largest absolute Gasteiger partial charge is 0.458 e. The monoisotopic (exact) mass is 1100 g/mol. The van der Waals surface area contributed by atoms with Crippen molar-refractivity contribution in [2.45, 2.75) is 39.5 Å². The van der Waals surface area contributed by atoms with Gasteiger partial charge >= 0.3 is 0 Å². The number of rotatable bonds is 10. The van der Waals surface area contributed by atoms with Crippen molar-refractivity contribution in [3.63, 3.8) is 0 Å². The highest BCUT2D eigenvalue weighted by molar-refractivity contribution is 7.00. The molecule has 2 aliphatic rings. The molecule has 0 aromatic heterocycles. The fraction of sp³-hybridized carbons (Fsp3) is 0.0732. The van der Waals surface area contributed by atoms with Gasteiger partial charge in [-0.25, -0.2) is 0 Å². The lowest BCUT2D eigenvalue weighted by molar-refractivity contribution is 0.492. The Kier molecular flexibility index (Phi) is 12.5. The molecule has 14 aromatic rings. The molecule has 0 saturated carbocycles. The number of hydrogen-bond acceptors (Lipinski definition) is 2. The molecule has 86 heavy (non-hydrogen) atoms. The Hall–Kier alpha value is -10.2. The lowest BCUT2D eigenvalue weighted by atomic mass is 9.32. The Morgan fingerprint density at radius 2 is 0.523 bits per heavy atom. The predicted molar refractivity (Wildman–Crippen MR) is 366 cm³/mol. The topological polar surface area (TPSA) is 18.5 Å². The average molecular weight is 1100 g/mol. The van der Waals surface area contributed by atoms with Crippen LogP contribution in [-0.4, -0.2) is 13.4 Å². The molecule has 0 aliphatic carbocycles. The summed E-state index contributed by atoms with van der Waals surface area (Å²) in [5.74, 6) is 3.85. The van der Waals surface area contributed by atoms with E-state index in [1.54, 1.807) is 0 Å². The zero-order chi connectivity index (χ0) is 57.6. The molecule has 0 fully saturated rings. The SMILES string of the molecule is CC(C)c1c2c(c3ccc4c(C(C)C)c5c(c6ccc1c3c64)Oc1ccccc1B5c1c(-c3ccccc3)cc(-c3ccccc3)cc1-c1ccccc1)Oc1ccccc1B2c1c(-c2ccccc2)cc(-c2ccccc2)cc1-c1ccccc1. The third-order valence-corrected chi connectivity index (χ3v) is 18.4. The molecule has 0 spiro atoms. The van der Waals surface area contributed by atoms with Gasteiger partial charge in [0.25, 0.3) is 13.4 Å². The minimum Gasteiger partial charge on any atom is -0.458 e. The van der Waals surface area contributed by atoms with Gasteiger partial charge < -0.3 is 9.47 Å². The van der Waals surface area contributed by atoms with Crippen LogP contribution in [0, 0.1) is 0 Å². The second-order valence-corrected chi connectivity index (χ2v) is 24.0. The van der Waals surface area contributed by atoms with Gasteiger partial charge in [-0.1, -0.05) is 269 Å². The maximum atomic E-state index is 7.59. The van der Waals surface area contributed by atoms with E-state index in [2.05, 4.69) is 307 Å². The van der Waals surface area contributed by atoms with Crippen LogP contribution in [0.15, 0.2) is 279 Å². The molecule has 0 N–H and O–H groups in total. The van der Waals surface area contributed by atoms with Crippen molar-refractivity contribution in [2.75, 3.05) is 0 Å². The van der Waals surface area contributed by atoms with Crippen molar-refractivity contribution in [1.82, 2.24) is 0 Å². The van der Waals surface area contributed by atoms with Gasteiger partial charge in [0, 0.05) is 21.5 Å². The van der Waals surface area contributed by atoms with Gasteiger partial charge in [-0.2, -0.15) is 0 Å². The molecule has 0 unspecified atom stereocenters. The summed E-state index contributed by atoms with van der Waals surface area (Å²) in [7, 11) is 0. The van der Waals surface area contributed by atoms with Crippen LogP contribution in [0.25, 0.3) is 99.1 Å². The molecule has 16 rings (SSSR count). The molecule has 0 atom stereocenters. The molecular weight excluding hydrogens is 1040 g/mol. The normalized spacial score (nSPS) is 12.5. The van der Waals surface area contributed by atoms with Crippen LogP contribution < -0.4 is 42.3 Å². The minimum atomic E-state index is -0.199. The Balaban J connectivity index is 1.01. The lowest BCUT2D eigenvalue weighted by Gasteiger charge is -2.36. The van der Waals surface area contributed by atoms with Gasteiger partial charge in [0.2, 0.25) is 0 Å². The van der Waals surface area contributed by atoms with Crippen LogP contribution in [0.4, 0.5) is 0 Å². The van der Waals surface area contributed by atoms with Crippen LogP contribution in [0.1, 0.15) is 50.7 Å². The average Bonchev–Trinajstić information content (AvgIpc) is 0.711. The fourth-order valence-electron chi connectivity index (χ4n) is 14.9. The highest BCUT2D eigenvalue weighted by Gasteiger charge is 2.43. The van der Waals surface area contributed by atoms with Crippen LogP contribution >= 0.6 is 0 Å². The molecule has 0 saturated heterocycles. The first kappa shape index (κ1) is 51.5. The fourth-order valence-corrected chi connectivity index (χ4v) is 14.9. The number of benzene rings is 14. The van der Waals surface area contributed by atoms with Crippen molar-refractivity contribution in [2.24, 2.45) is 0 Å². The minimum absolute atomic E-state index is 0.117. The van der Waals surface area contributed by atoms with Crippen LogP contribution in [-0.2, 0) is 0 Å². The summed E-state index contributed by atoms with van der Waals surface area (Å²) >= 11 is 0. The van der Waals surface area contributed by atoms with Crippen LogP contribution in [0.5, 0.6) is 23.0 Å². The number of para-hydroxylation sites is 2. The van der Waals surface area contributed by atoms with Gasteiger partial charge in [-0.15, -0.1) is 0 Å². The molecular formula is C82H60B2O2. The molecule has 4 heteroatoms. The summed E-state index contributed by atoms with van der Waals surface area (Å²) in [5, 5.41) is 7.16. The summed E-state index contributed by atoms with van der Waals surface area (Å²) < 4.78 is 15.2. The zero-order valence-electron chi connectivity index (χ0n) is 48.7. The molecule has 2 heterocycles. The smallest absolute Gasteiger partial charge is 0.252 e. The highest BCUT2D eigenvalue weighted by Crippen LogP contribution is 2.50. The summed E-state index contributed by atoms with van der Waals surface area (Å²) in [6.45, 7) is 9.11. The second-order valence-electron chi connectivity index (χ2n) is 24.0. The van der Waals surface area contributed by atoms with Crippen LogP contribution in [0.2, 0.25) is 0 Å². The van der Waals surface area contributed by atoms with E-state index in [0.717, 1.165) is 44.7 Å². The molecule has 406 valence electrons. The summed E-state index contributed by atoms with van der Waals surface area (Å²) in [5.41, 5.74) is 24.2. The van der Waals surface area contributed by atoms with Crippen molar-refractivity contribution in [3.05, 3.63) is 290 Å². The molecule has 2 aliphatic heterocycles. The maximum absolute atomic E-state index is 7.59. The third-order valence-electron chi connectivity index (χ3n) is 18.4. The van der Waals surface area contributed by atoms with Gasteiger partial charge in [-0.3, -0.25) is 0 Å². The first-order valence-corrected chi connectivity index (χ1v) is 30.4. The van der Waals surface area contributed by atoms with E-state index in [4.69, 9.17) is 9.47 Å². The number of fused-ring (bicyclic) bond motifs is 6. The van der Waals surface area contributed by atoms with Gasteiger partial charge in [0.1, 0.15) is 23.0 Å². The quantitative estimate of drug-likeness (QED) is 0.100. The summed E-state index contributed by atoms with van der Waals surface area (Å²) in [6, 6.07) is 103.